The summed E-state index contributed by atoms with van der Waals surface area (Å²) in [5.41, 5.74) is 0. The molecule has 3 rings (SSSR count). The third kappa shape index (κ3) is 2.97. The van der Waals surface area contributed by atoms with Gasteiger partial charge >= 0.3 is 0 Å². The molecule has 3 fully saturated rings. The number of hydrogen-bond donors (Lipinski definition) is 2. The highest BCUT2D eigenvalue weighted by molar-refractivity contribution is 5.80. The minimum Gasteiger partial charge on any atom is -0.356 e. The van der Waals surface area contributed by atoms with Crippen LogP contribution in [0.2, 0.25) is 0 Å². The van der Waals surface area contributed by atoms with Crippen LogP contribution in [0.3, 0.4) is 0 Å². The molecule has 2 atom stereocenters. The summed E-state index contributed by atoms with van der Waals surface area (Å²) < 4.78 is 0. The van der Waals surface area contributed by atoms with Crippen LogP contribution in [-0.4, -0.2) is 49.6 Å². The van der Waals surface area contributed by atoms with Crippen molar-refractivity contribution < 1.29 is 0 Å². The molecule has 0 aromatic heterocycles. The Morgan fingerprint density at radius 1 is 1.22 bits per heavy atom. The Balaban J connectivity index is 1.47. The number of likely N-dealkylation sites (tertiary alicyclic amines) is 1. The smallest absolute Gasteiger partial charge is 0.191 e. The molecule has 2 aliphatic carbocycles. The highest BCUT2D eigenvalue weighted by atomic mass is 15.3. The summed E-state index contributed by atoms with van der Waals surface area (Å²) >= 11 is 0. The molecule has 102 valence electrons. The summed E-state index contributed by atoms with van der Waals surface area (Å²) in [4.78, 5) is 7.00. The van der Waals surface area contributed by atoms with Crippen LogP contribution in [-0.2, 0) is 0 Å². The van der Waals surface area contributed by atoms with E-state index in [0.717, 1.165) is 30.4 Å². The lowest BCUT2D eigenvalue weighted by atomic mass is 10.1. The van der Waals surface area contributed by atoms with Gasteiger partial charge in [-0.05, 0) is 37.5 Å². The number of aliphatic imine (C=N–C) groups is 1. The largest absolute Gasteiger partial charge is 0.356 e. The second kappa shape index (κ2) is 5.08. The van der Waals surface area contributed by atoms with Crippen molar-refractivity contribution in [2.75, 3.05) is 26.7 Å². The van der Waals surface area contributed by atoms with Gasteiger partial charge in [-0.1, -0.05) is 6.92 Å². The third-order valence-corrected chi connectivity index (χ3v) is 4.50. The van der Waals surface area contributed by atoms with Crippen molar-refractivity contribution in [3.05, 3.63) is 0 Å². The van der Waals surface area contributed by atoms with Crippen LogP contribution in [0, 0.1) is 11.8 Å². The molecule has 4 heteroatoms. The molecular formula is C14H26N4. The minimum atomic E-state index is 0.566. The van der Waals surface area contributed by atoms with E-state index in [9.17, 15) is 0 Å². The number of hydrogen-bond acceptors (Lipinski definition) is 2. The van der Waals surface area contributed by atoms with Crippen molar-refractivity contribution in [2.45, 2.75) is 44.7 Å². The normalized spacial score (nSPS) is 33.8. The zero-order valence-corrected chi connectivity index (χ0v) is 11.7. The highest BCUT2D eigenvalue weighted by Crippen LogP contribution is 2.31. The predicted octanol–water partition coefficient (Wildman–Crippen LogP) is 1.04. The zero-order chi connectivity index (χ0) is 12.5. The van der Waals surface area contributed by atoms with Crippen molar-refractivity contribution in [1.29, 1.82) is 0 Å². The Labute approximate surface area is 110 Å². The molecule has 1 saturated heterocycles. The van der Waals surface area contributed by atoms with E-state index in [2.05, 4.69) is 27.4 Å². The van der Waals surface area contributed by atoms with E-state index in [1.54, 1.807) is 0 Å². The van der Waals surface area contributed by atoms with E-state index in [1.807, 2.05) is 7.05 Å². The van der Waals surface area contributed by atoms with Gasteiger partial charge in [-0.3, -0.25) is 9.89 Å². The van der Waals surface area contributed by atoms with Gasteiger partial charge in [-0.2, -0.15) is 0 Å². The quantitative estimate of drug-likeness (QED) is 0.578. The Morgan fingerprint density at radius 2 is 2.00 bits per heavy atom. The van der Waals surface area contributed by atoms with E-state index in [-0.39, 0.29) is 0 Å². The van der Waals surface area contributed by atoms with Gasteiger partial charge in [0.15, 0.2) is 5.96 Å². The SMILES string of the molecule is CN=C(NCC1CC1)NC1CN(C2CC2)CC1C. The Bertz CT molecular complexity index is 320. The molecule has 2 N–H and O–H groups in total. The molecule has 0 bridgehead atoms. The van der Waals surface area contributed by atoms with E-state index in [1.165, 1.54) is 38.8 Å². The second-order valence-electron chi connectivity index (χ2n) is 6.31. The fraction of sp³-hybridized carbons (Fsp3) is 0.929. The summed E-state index contributed by atoms with van der Waals surface area (Å²) in [6, 6.07) is 1.46. The number of nitrogens with zero attached hydrogens (tertiary/aromatic N) is 2. The van der Waals surface area contributed by atoms with Crippen molar-refractivity contribution in [3.8, 4) is 0 Å². The van der Waals surface area contributed by atoms with Crippen molar-refractivity contribution >= 4 is 5.96 Å². The average Bonchev–Trinajstić information content (AvgIpc) is 3.26. The fourth-order valence-electron chi connectivity index (χ4n) is 2.86. The molecule has 0 aromatic carbocycles. The molecule has 18 heavy (non-hydrogen) atoms. The summed E-state index contributed by atoms with van der Waals surface area (Å²) in [6.45, 7) is 5.89. The van der Waals surface area contributed by atoms with Crippen LogP contribution in [0.15, 0.2) is 4.99 Å². The third-order valence-electron chi connectivity index (χ3n) is 4.50. The van der Waals surface area contributed by atoms with Gasteiger partial charge in [0.25, 0.3) is 0 Å². The van der Waals surface area contributed by atoms with Gasteiger partial charge in [0.1, 0.15) is 0 Å². The molecule has 2 unspecified atom stereocenters. The summed E-state index contributed by atoms with van der Waals surface area (Å²) in [5.74, 6) is 2.62. The lowest BCUT2D eigenvalue weighted by molar-refractivity contribution is 0.315. The van der Waals surface area contributed by atoms with E-state index in [0.29, 0.717) is 6.04 Å². The van der Waals surface area contributed by atoms with E-state index >= 15 is 0 Å². The molecule has 0 amide bonds. The van der Waals surface area contributed by atoms with Crippen LogP contribution in [0.25, 0.3) is 0 Å². The summed E-state index contributed by atoms with van der Waals surface area (Å²) in [6.07, 6.45) is 5.60. The first-order valence-corrected chi connectivity index (χ1v) is 7.47. The monoisotopic (exact) mass is 250 g/mol. The molecule has 4 nitrogen and oxygen atoms in total. The topological polar surface area (TPSA) is 39.7 Å². The van der Waals surface area contributed by atoms with Crippen LogP contribution < -0.4 is 10.6 Å². The predicted molar refractivity (Wildman–Crippen MR) is 74.8 cm³/mol. The lowest BCUT2D eigenvalue weighted by Crippen LogP contribution is -2.47. The van der Waals surface area contributed by atoms with Gasteiger partial charge in [0.05, 0.1) is 0 Å². The van der Waals surface area contributed by atoms with Gasteiger partial charge in [-0.25, -0.2) is 0 Å². The highest BCUT2D eigenvalue weighted by Gasteiger charge is 2.38. The van der Waals surface area contributed by atoms with Gasteiger partial charge in [-0.15, -0.1) is 0 Å². The van der Waals surface area contributed by atoms with E-state index in [4.69, 9.17) is 0 Å². The minimum absolute atomic E-state index is 0.566. The molecule has 1 heterocycles. The first-order valence-electron chi connectivity index (χ1n) is 7.47. The molecule has 3 aliphatic rings. The van der Waals surface area contributed by atoms with Crippen LogP contribution in [0.4, 0.5) is 0 Å². The first-order chi connectivity index (χ1) is 8.76. The Kier molecular flexibility index (Phi) is 3.46. The van der Waals surface area contributed by atoms with Crippen LogP contribution in [0.1, 0.15) is 32.6 Å². The van der Waals surface area contributed by atoms with Gasteiger partial charge in [0.2, 0.25) is 0 Å². The van der Waals surface area contributed by atoms with Gasteiger partial charge < -0.3 is 10.6 Å². The maximum Gasteiger partial charge on any atom is 0.191 e. The van der Waals surface area contributed by atoms with E-state index < -0.39 is 0 Å². The Hall–Kier alpha value is -0.770. The Morgan fingerprint density at radius 3 is 2.61 bits per heavy atom. The summed E-state index contributed by atoms with van der Waals surface area (Å²) in [5, 5.41) is 7.07. The molecule has 0 aromatic rings. The van der Waals surface area contributed by atoms with Gasteiger partial charge in [0, 0.05) is 38.8 Å². The maximum atomic E-state index is 4.35. The van der Waals surface area contributed by atoms with Crippen LogP contribution >= 0.6 is 0 Å². The van der Waals surface area contributed by atoms with Crippen molar-refractivity contribution in [1.82, 2.24) is 15.5 Å². The van der Waals surface area contributed by atoms with Crippen molar-refractivity contribution in [3.63, 3.8) is 0 Å². The molecular weight excluding hydrogens is 224 g/mol. The zero-order valence-electron chi connectivity index (χ0n) is 11.7. The first kappa shape index (κ1) is 12.3. The molecule has 0 spiro atoms. The number of rotatable bonds is 4. The number of guanidine groups is 1. The molecule has 0 radical (unpaired) electrons. The molecule has 1 aliphatic heterocycles. The number of nitrogens with one attached hydrogen (secondary N) is 2. The summed E-state index contributed by atoms with van der Waals surface area (Å²) in [7, 11) is 1.88. The van der Waals surface area contributed by atoms with Crippen molar-refractivity contribution in [2.24, 2.45) is 16.8 Å². The van der Waals surface area contributed by atoms with Crippen LogP contribution in [0.5, 0.6) is 0 Å². The maximum absolute atomic E-state index is 4.35. The average molecular weight is 250 g/mol. The standard InChI is InChI=1S/C14H26N4/c1-10-8-18(12-5-6-12)9-13(10)17-14(15-2)16-7-11-3-4-11/h10-13H,3-9H2,1-2H3,(H2,15,16,17). The second-order valence-corrected chi connectivity index (χ2v) is 6.31. The lowest BCUT2D eigenvalue weighted by Gasteiger charge is -2.20. The molecule has 2 saturated carbocycles. The fourth-order valence-corrected chi connectivity index (χ4v) is 2.86.